The van der Waals surface area contributed by atoms with E-state index in [1.807, 2.05) is 60.7 Å². The van der Waals surface area contributed by atoms with Crippen LogP contribution in [0.15, 0.2) is 60.7 Å². The second-order valence-electron chi connectivity index (χ2n) is 11.0. The normalized spacial score (nSPS) is 14.7. The number of aliphatic hydroxyl groups excluding tert-OH is 1. The van der Waals surface area contributed by atoms with Gasteiger partial charge >= 0.3 is 0 Å². The molecule has 0 saturated heterocycles. The van der Waals surface area contributed by atoms with Gasteiger partial charge < -0.3 is 35.8 Å². The lowest BCUT2D eigenvalue weighted by atomic mass is 10.00. The molecule has 236 valence electrons. The number of carbonyl (C=O) groups is 4. The van der Waals surface area contributed by atoms with E-state index in [9.17, 15) is 24.3 Å². The van der Waals surface area contributed by atoms with Crippen LogP contribution in [0.25, 0.3) is 0 Å². The van der Waals surface area contributed by atoms with E-state index in [1.165, 1.54) is 14.1 Å². The number of ether oxygens (including phenoxy) is 2. The Hall–Kier alpha value is -3.80. The molecule has 43 heavy (non-hydrogen) atoms. The molecule has 0 fully saturated rings. The van der Waals surface area contributed by atoms with Crippen LogP contribution in [0.2, 0.25) is 0 Å². The van der Waals surface area contributed by atoms with Crippen LogP contribution in [0.4, 0.5) is 0 Å². The fourth-order valence-electron chi connectivity index (χ4n) is 4.35. The molecule has 11 heteroatoms. The van der Waals surface area contributed by atoms with Gasteiger partial charge in [-0.25, -0.2) is 0 Å². The summed E-state index contributed by atoms with van der Waals surface area (Å²) in [6.45, 7) is 7.20. The summed E-state index contributed by atoms with van der Waals surface area (Å²) in [5, 5.41) is 21.9. The lowest BCUT2D eigenvalue weighted by Crippen LogP contribution is -2.55. The van der Waals surface area contributed by atoms with Crippen LogP contribution in [0.1, 0.15) is 45.2 Å². The molecule has 4 amide bonds. The van der Waals surface area contributed by atoms with Crippen LogP contribution < -0.4 is 21.3 Å². The molecule has 5 atom stereocenters. The molecule has 11 nitrogen and oxygen atoms in total. The van der Waals surface area contributed by atoms with Crippen LogP contribution in [-0.4, -0.2) is 73.2 Å². The van der Waals surface area contributed by atoms with Crippen LogP contribution >= 0.6 is 0 Å². The van der Waals surface area contributed by atoms with Gasteiger partial charge in [0.05, 0.1) is 19.3 Å². The van der Waals surface area contributed by atoms with E-state index in [2.05, 4.69) is 21.3 Å². The van der Waals surface area contributed by atoms with E-state index in [0.717, 1.165) is 11.1 Å². The quantitative estimate of drug-likeness (QED) is 0.186. The van der Waals surface area contributed by atoms with Crippen molar-refractivity contribution in [2.24, 2.45) is 11.8 Å². The van der Waals surface area contributed by atoms with Crippen molar-refractivity contribution in [1.29, 1.82) is 0 Å². The second kappa shape index (κ2) is 18.0. The summed E-state index contributed by atoms with van der Waals surface area (Å²) in [6.07, 6.45) is -4.51. The number of hydrogen-bond donors (Lipinski definition) is 5. The van der Waals surface area contributed by atoms with Crippen molar-refractivity contribution >= 4 is 23.6 Å². The minimum atomic E-state index is -1.51. The first-order chi connectivity index (χ1) is 20.5. The van der Waals surface area contributed by atoms with Gasteiger partial charge in [-0.05, 0) is 23.0 Å². The van der Waals surface area contributed by atoms with E-state index in [0.29, 0.717) is 0 Å². The van der Waals surface area contributed by atoms with E-state index < -0.39 is 48.1 Å². The Bertz CT molecular complexity index is 1160. The van der Waals surface area contributed by atoms with Crippen molar-refractivity contribution in [3.8, 4) is 0 Å². The minimum Gasteiger partial charge on any atom is -0.390 e. The number of benzene rings is 2. The monoisotopic (exact) mass is 598 g/mol. The Morgan fingerprint density at radius 2 is 1.07 bits per heavy atom. The van der Waals surface area contributed by atoms with Gasteiger partial charge in [0.15, 0.2) is 6.10 Å². The van der Waals surface area contributed by atoms with Crippen LogP contribution in [0.3, 0.4) is 0 Å². The van der Waals surface area contributed by atoms with Crippen molar-refractivity contribution in [2.45, 2.75) is 77.7 Å². The Morgan fingerprint density at radius 1 is 0.651 bits per heavy atom. The Balaban J connectivity index is 2.34. The zero-order valence-electron chi connectivity index (χ0n) is 25.8. The van der Waals surface area contributed by atoms with Crippen molar-refractivity contribution < 1.29 is 33.8 Å². The topological polar surface area (TPSA) is 155 Å². The molecule has 0 radical (unpaired) electrons. The van der Waals surface area contributed by atoms with Crippen LogP contribution in [0.5, 0.6) is 0 Å². The van der Waals surface area contributed by atoms with Gasteiger partial charge in [0.1, 0.15) is 18.2 Å². The van der Waals surface area contributed by atoms with E-state index in [1.54, 1.807) is 27.7 Å². The molecule has 5 N–H and O–H groups in total. The first-order valence-corrected chi connectivity index (χ1v) is 14.5. The highest BCUT2D eigenvalue weighted by Crippen LogP contribution is 2.17. The summed E-state index contributed by atoms with van der Waals surface area (Å²) in [5.74, 6) is -2.57. The van der Waals surface area contributed by atoms with Gasteiger partial charge in [-0.2, -0.15) is 0 Å². The van der Waals surface area contributed by atoms with E-state index in [-0.39, 0.29) is 37.4 Å². The molecule has 2 aromatic rings. The number of aliphatic hydroxyl groups is 1. The number of likely N-dealkylation sites (N-methyl/N-ethyl adjacent to an activating group) is 2. The standard InChI is InChI=1S/C32H46N4O7/c1-20(2)26(30(39)33-5)35-29(38)25(42-18-22-13-9-7-10-14-22)17-24(37)28(43-19-23-15-11-8-12-16-23)32(41)36-27(21(3)4)31(40)34-6/h7-16,20-21,24-28,37H,17-19H2,1-6H3,(H,33,39)(H,34,40)(H,35,38)(H,36,41)/t24-,25+,26-,27-,28+/m0/s1. The lowest BCUT2D eigenvalue weighted by Gasteiger charge is -2.29. The van der Waals surface area contributed by atoms with Crippen LogP contribution in [-0.2, 0) is 41.9 Å². The van der Waals surface area contributed by atoms with Gasteiger partial charge in [0.2, 0.25) is 17.7 Å². The van der Waals surface area contributed by atoms with Gasteiger partial charge in [-0.15, -0.1) is 0 Å². The van der Waals surface area contributed by atoms with Gasteiger partial charge in [0, 0.05) is 20.5 Å². The number of hydrogen-bond acceptors (Lipinski definition) is 7. The predicted octanol–water partition coefficient (Wildman–Crippen LogP) is 1.68. The predicted molar refractivity (Wildman–Crippen MR) is 162 cm³/mol. The highest BCUT2D eigenvalue weighted by molar-refractivity contribution is 5.90. The molecule has 0 aliphatic carbocycles. The molecule has 0 saturated carbocycles. The van der Waals surface area contributed by atoms with Crippen molar-refractivity contribution in [3.63, 3.8) is 0 Å². The summed E-state index contributed by atoms with van der Waals surface area (Å²) in [5.41, 5.74) is 1.56. The first-order valence-electron chi connectivity index (χ1n) is 14.5. The summed E-state index contributed by atoms with van der Waals surface area (Å²) in [4.78, 5) is 51.9. The fourth-order valence-corrected chi connectivity index (χ4v) is 4.35. The average Bonchev–Trinajstić information content (AvgIpc) is 3.00. The highest BCUT2D eigenvalue weighted by atomic mass is 16.5. The third-order valence-electron chi connectivity index (χ3n) is 6.91. The molecule has 0 bridgehead atoms. The third-order valence-corrected chi connectivity index (χ3v) is 6.91. The number of nitrogens with one attached hydrogen (secondary N) is 4. The van der Waals surface area contributed by atoms with Gasteiger partial charge in [0.25, 0.3) is 5.91 Å². The summed E-state index contributed by atoms with van der Waals surface area (Å²) >= 11 is 0. The summed E-state index contributed by atoms with van der Waals surface area (Å²) in [6, 6.07) is 16.6. The molecule has 0 aliphatic heterocycles. The Labute approximate surface area is 254 Å². The highest BCUT2D eigenvalue weighted by Gasteiger charge is 2.36. The first kappa shape index (κ1) is 35.4. The largest absolute Gasteiger partial charge is 0.390 e. The number of amides is 4. The molecule has 0 spiro atoms. The third kappa shape index (κ3) is 11.4. The molecule has 0 aliphatic rings. The number of carbonyl (C=O) groups excluding carboxylic acids is 4. The van der Waals surface area contributed by atoms with E-state index >= 15 is 0 Å². The van der Waals surface area contributed by atoms with E-state index in [4.69, 9.17) is 9.47 Å². The second-order valence-corrected chi connectivity index (χ2v) is 11.0. The Kier molecular flexibility index (Phi) is 14.8. The molecule has 2 aromatic carbocycles. The summed E-state index contributed by atoms with van der Waals surface area (Å²) < 4.78 is 11.9. The van der Waals surface area contributed by atoms with Gasteiger partial charge in [-0.3, -0.25) is 19.2 Å². The minimum absolute atomic E-state index is 0.00383. The lowest BCUT2D eigenvalue weighted by molar-refractivity contribution is -0.151. The SMILES string of the molecule is CNC(=O)[C@@H](NC(=O)[C@@H](C[C@H](O)[C@@H](OCc1ccccc1)C(=O)N[C@H](C(=O)NC)C(C)C)OCc1ccccc1)C(C)C. The molecular weight excluding hydrogens is 552 g/mol. The zero-order valence-corrected chi connectivity index (χ0v) is 25.8. The number of rotatable bonds is 17. The maximum absolute atomic E-state index is 13.5. The molecule has 0 heterocycles. The fraction of sp³-hybridized carbons (Fsp3) is 0.500. The molecule has 2 rings (SSSR count). The summed E-state index contributed by atoms with van der Waals surface area (Å²) in [7, 11) is 2.95. The molecular formula is C32H46N4O7. The zero-order chi connectivity index (χ0) is 31.9. The molecule has 0 aromatic heterocycles. The van der Waals surface area contributed by atoms with Crippen molar-refractivity contribution in [3.05, 3.63) is 71.8 Å². The maximum atomic E-state index is 13.5. The maximum Gasteiger partial charge on any atom is 0.252 e. The van der Waals surface area contributed by atoms with Gasteiger partial charge in [-0.1, -0.05) is 88.4 Å². The van der Waals surface area contributed by atoms with Crippen molar-refractivity contribution in [1.82, 2.24) is 21.3 Å². The average molecular weight is 599 g/mol. The smallest absolute Gasteiger partial charge is 0.252 e. The van der Waals surface area contributed by atoms with Crippen molar-refractivity contribution in [2.75, 3.05) is 14.1 Å². The Morgan fingerprint density at radius 3 is 1.49 bits per heavy atom. The van der Waals surface area contributed by atoms with Crippen LogP contribution in [0, 0.1) is 11.8 Å². The molecule has 0 unspecified atom stereocenters.